The third kappa shape index (κ3) is 3.66. The van der Waals surface area contributed by atoms with Crippen LogP contribution in [0.5, 0.6) is 0 Å². The predicted molar refractivity (Wildman–Crippen MR) is 79.2 cm³/mol. The zero-order valence-corrected chi connectivity index (χ0v) is 13.4. The van der Waals surface area contributed by atoms with Crippen molar-refractivity contribution in [2.45, 2.75) is 17.9 Å². The summed E-state index contributed by atoms with van der Waals surface area (Å²) in [6.07, 6.45) is 0. The molecule has 0 aliphatic rings. The van der Waals surface area contributed by atoms with E-state index in [0.29, 0.717) is 4.47 Å². The van der Waals surface area contributed by atoms with E-state index in [9.17, 15) is 17.2 Å². The number of hydrogen-bond acceptors (Lipinski definition) is 2. The Morgan fingerprint density at radius 2 is 1.81 bits per heavy atom. The Morgan fingerprint density at radius 3 is 2.43 bits per heavy atom. The normalized spacial score (nSPS) is 13.1. The van der Waals surface area contributed by atoms with Crippen molar-refractivity contribution in [3.05, 3.63) is 64.1 Å². The molecular weight excluding hydrogens is 364 g/mol. The van der Waals surface area contributed by atoms with E-state index in [0.717, 1.165) is 12.1 Å². The highest BCUT2D eigenvalue weighted by atomic mass is 79.9. The number of halogens is 3. The fraction of sp³-hybridized carbons (Fsp3) is 0.143. The first kappa shape index (κ1) is 16.1. The van der Waals surface area contributed by atoms with Crippen molar-refractivity contribution in [3.8, 4) is 0 Å². The van der Waals surface area contributed by atoms with Gasteiger partial charge in [-0.3, -0.25) is 0 Å². The van der Waals surface area contributed by atoms with E-state index < -0.39 is 27.7 Å². The summed E-state index contributed by atoms with van der Waals surface area (Å²) < 4.78 is 53.9. The van der Waals surface area contributed by atoms with Crippen molar-refractivity contribution < 1.29 is 17.2 Å². The van der Waals surface area contributed by atoms with Crippen LogP contribution in [0.15, 0.2) is 51.8 Å². The zero-order valence-electron chi connectivity index (χ0n) is 11.0. The van der Waals surface area contributed by atoms with Crippen molar-refractivity contribution in [1.82, 2.24) is 4.72 Å². The average Bonchev–Trinajstić information content (AvgIpc) is 2.38. The molecule has 3 nitrogen and oxygen atoms in total. The topological polar surface area (TPSA) is 46.2 Å². The quantitative estimate of drug-likeness (QED) is 0.883. The lowest BCUT2D eigenvalue weighted by atomic mass is 10.1. The van der Waals surface area contributed by atoms with Gasteiger partial charge in [-0.25, -0.2) is 21.9 Å². The molecule has 0 saturated heterocycles. The van der Waals surface area contributed by atoms with Crippen LogP contribution in [0.4, 0.5) is 8.78 Å². The summed E-state index contributed by atoms with van der Waals surface area (Å²) in [6.45, 7) is 1.49. The van der Waals surface area contributed by atoms with E-state index in [1.807, 2.05) is 0 Å². The molecule has 0 aliphatic heterocycles. The standard InChI is InChI=1S/C14H12BrF2NO2S/c1-9(11-7-6-10(16)8-13(11)17)18-21(19,20)14-5-3-2-4-12(14)15/h2-9,18H,1H3. The fourth-order valence-corrected chi connectivity index (χ4v) is 4.10. The van der Waals surface area contributed by atoms with Gasteiger partial charge in [-0.2, -0.15) is 0 Å². The second-order valence-electron chi connectivity index (χ2n) is 4.44. The maximum Gasteiger partial charge on any atom is 0.242 e. The van der Waals surface area contributed by atoms with Crippen LogP contribution in [0.25, 0.3) is 0 Å². The van der Waals surface area contributed by atoms with Crippen LogP contribution in [0, 0.1) is 11.6 Å². The Bertz CT molecular complexity index is 765. The Labute approximate surface area is 130 Å². The first-order valence-electron chi connectivity index (χ1n) is 6.03. The number of benzene rings is 2. The Kier molecular flexibility index (Phi) is 4.75. The van der Waals surface area contributed by atoms with Crippen LogP contribution in [0.2, 0.25) is 0 Å². The van der Waals surface area contributed by atoms with Crippen molar-refractivity contribution >= 4 is 26.0 Å². The Morgan fingerprint density at radius 1 is 1.14 bits per heavy atom. The van der Waals surface area contributed by atoms with Gasteiger partial charge in [0.15, 0.2) is 0 Å². The lowest BCUT2D eigenvalue weighted by Gasteiger charge is -2.16. The minimum Gasteiger partial charge on any atom is -0.207 e. The molecule has 0 heterocycles. The van der Waals surface area contributed by atoms with Crippen LogP contribution in [0.1, 0.15) is 18.5 Å². The minimum absolute atomic E-state index is 0.0550. The van der Waals surface area contributed by atoms with Crippen LogP contribution in [-0.2, 0) is 10.0 Å². The molecule has 0 aromatic heterocycles. The molecule has 1 atom stereocenters. The Hall–Kier alpha value is -1.31. The summed E-state index contributed by atoms with van der Waals surface area (Å²) in [4.78, 5) is 0.0550. The van der Waals surface area contributed by atoms with Gasteiger partial charge in [0, 0.05) is 22.1 Å². The number of nitrogens with one attached hydrogen (secondary N) is 1. The van der Waals surface area contributed by atoms with Gasteiger partial charge in [0.1, 0.15) is 11.6 Å². The smallest absolute Gasteiger partial charge is 0.207 e. The molecule has 1 unspecified atom stereocenters. The van der Waals surface area contributed by atoms with E-state index in [4.69, 9.17) is 0 Å². The lowest BCUT2D eigenvalue weighted by molar-refractivity contribution is 0.539. The van der Waals surface area contributed by atoms with E-state index in [1.54, 1.807) is 18.2 Å². The molecule has 0 saturated carbocycles. The molecule has 7 heteroatoms. The third-order valence-corrected chi connectivity index (χ3v) is 5.44. The van der Waals surface area contributed by atoms with Crippen molar-refractivity contribution in [3.63, 3.8) is 0 Å². The monoisotopic (exact) mass is 375 g/mol. The van der Waals surface area contributed by atoms with Crippen LogP contribution in [-0.4, -0.2) is 8.42 Å². The van der Waals surface area contributed by atoms with E-state index in [2.05, 4.69) is 20.7 Å². The number of rotatable bonds is 4. The highest BCUT2D eigenvalue weighted by Crippen LogP contribution is 2.24. The lowest BCUT2D eigenvalue weighted by Crippen LogP contribution is -2.27. The first-order valence-corrected chi connectivity index (χ1v) is 8.30. The predicted octanol–water partition coefficient (Wildman–Crippen LogP) is 3.77. The van der Waals surface area contributed by atoms with Gasteiger partial charge in [-0.05, 0) is 41.1 Å². The maximum absolute atomic E-state index is 13.7. The van der Waals surface area contributed by atoms with Crippen LogP contribution >= 0.6 is 15.9 Å². The molecule has 0 radical (unpaired) electrons. The largest absolute Gasteiger partial charge is 0.242 e. The van der Waals surface area contributed by atoms with Gasteiger partial charge in [0.2, 0.25) is 10.0 Å². The Balaban J connectivity index is 2.30. The molecule has 2 aromatic carbocycles. The minimum atomic E-state index is -3.82. The summed E-state index contributed by atoms with van der Waals surface area (Å²) in [6, 6.07) is 8.49. The molecule has 0 bridgehead atoms. The summed E-state index contributed by atoms with van der Waals surface area (Å²) in [5.41, 5.74) is 0.0760. The third-order valence-electron chi connectivity index (χ3n) is 2.89. The van der Waals surface area contributed by atoms with E-state index in [1.165, 1.54) is 19.1 Å². The molecule has 21 heavy (non-hydrogen) atoms. The molecule has 112 valence electrons. The summed E-state index contributed by atoms with van der Waals surface area (Å²) >= 11 is 3.16. The molecule has 0 aliphatic carbocycles. The first-order chi connectivity index (χ1) is 9.81. The second-order valence-corrected chi connectivity index (χ2v) is 6.98. The van der Waals surface area contributed by atoms with Gasteiger partial charge < -0.3 is 0 Å². The SMILES string of the molecule is CC(NS(=O)(=O)c1ccccc1Br)c1ccc(F)cc1F. The van der Waals surface area contributed by atoms with Crippen LogP contribution in [0.3, 0.4) is 0 Å². The van der Waals surface area contributed by atoms with Gasteiger partial charge in [0.25, 0.3) is 0 Å². The van der Waals surface area contributed by atoms with Crippen molar-refractivity contribution in [2.75, 3.05) is 0 Å². The highest BCUT2D eigenvalue weighted by Gasteiger charge is 2.22. The van der Waals surface area contributed by atoms with E-state index in [-0.39, 0.29) is 10.5 Å². The summed E-state index contributed by atoms with van der Waals surface area (Å²) in [5.74, 6) is -1.51. The fourth-order valence-electron chi connectivity index (χ4n) is 1.88. The van der Waals surface area contributed by atoms with Crippen molar-refractivity contribution in [1.29, 1.82) is 0 Å². The van der Waals surface area contributed by atoms with Crippen molar-refractivity contribution in [2.24, 2.45) is 0 Å². The second kappa shape index (κ2) is 6.21. The summed E-state index contributed by atoms with van der Waals surface area (Å²) in [5, 5.41) is 0. The van der Waals surface area contributed by atoms with Gasteiger partial charge in [-0.1, -0.05) is 18.2 Å². The summed E-state index contributed by atoms with van der Waals surface area (Å²) in [7, 11) is -3.82. The molecule has 2 aromatic rings. The maximum atomic E-state index is 13.7. The van der Waals surface area contributed by atoms with Gasteiger partial charge >= 0.3 is 0 Å². The number of hydrogen-bond donors (Lipinski definition) is 1. The highest BCUT2D eigenvalue weighted by molar-refractivity contribution is 9.10. The molecule has 1 N–H and O–H groups in total. The number of sulfonamides is 1. The van der Waals surface area contributed by atoms with E-state index >= 15 is 0 Å². The van der Waals surface area contributed by atoms with Gasteiger partial charge in [-0.15, -0.1) is 0 Å². The molecule has 2 rings (SSSR count). The molecule has 0 spiro atoms. The average molecular weight is 376 g/mol. The van der Waals surface area contributed by atoms with Gasteiger partial charge in [0.05, 0.1) is 4.90 Å². The van der Waals surface area contributed by atoms with Crippen LogP contribution < -0.4 is 4.72 Å². The zero-order chi connectivity index (χ0) is 15.6. The molecule has 0 amide bonds. The molecule has 0 fully saturated rings. The molecular formula is C14H12BrF2NO2S.